The second kappa shape index (κ2) is 8.38. The van der Waals surface area contributed by atoms with Gasteiger partial charge in [-0.1, -0.05) is 0 Å². The first kappa shape index (κ1) is 21.4. The molecular weight excluding hydrogens is 445 g/mol. The molecule has 1 amide bonds. The molecular formula is C20H15F3N6O2S. The second-order valence-corrected chi connectivity index (χ2v) is 7.37. The second-order valence-electron chi connectivity index (χ2n) is 6.60. The van der Waals surface area contributed by atoms with Crippen LogP contribution in [0, 0.1) is 6.92 Å². The van der Waals surface area contributed by atoms with Gasteiger partial charge in [-0.25, -0.2) is 9.97 Å². The molecule has 2 N–H and O–H groups in total. The van der Waals surface area contributed by atoms with Crippen LogP contribution in [0.4, 0.5) is 29.7 Å². The third-order valence-electron chi connectivity index (χ3n) is 4.40. The summed E-state index contributed by atoms with van der Waals surface area (Å²) in [6, 6.07) is 6.39. The lowest BCUT2D eigenvalue weighted by Crippen LogP contribution is -2.14. The van der Waals surface area contributed by atoms with Gasteiger partial charge in [0.1, 0.15) is 10.8 Å². The molecule has 0 aliphatic heterocycles. The quantitative estimate of drug-likeness (QED) is 0.441. The molecule has 0 unspecified atom stereocenters. The SMILES string of the molecule is COc1ccc(NC(=O)c2c(C)nsc2Nc2cnc3cc(C(F)(F)F)ccc3n2)cn1. The number of halogens is 3. The van der Waals surface area contributed by atoms with E-state index in [9.17, 15) is 18.0 Å². The van der Waals surface area contributed by atoms with Crippen LogP contribution >= 0.6 is 11.5 Å². The summed E-state index contributed by atoms with van der Waals surface area (Å²) in [6.07, 6.45) is -1.70. The van der Waals surface area contributed by atoms with Crippen molar-refractivity contribution in [3.63, 3.8) is 0 Å². The summed E-state index contributed by atoms with van der Waals surface area (Å²) in [5, 5.41) is 6.14. The Morgan fingerprint density at radius 2 is 1.91 bits per heavy atom. The number of carbonyl (C=O) groups excluding carboxylic acids is 1. The molecule has 0 saturated carbocycles. The Kier molecular flexibility index (Phi) is 5.61. The fourth-order valence-electron chi connectivity index (χ4n) is 2.85. The first-order valence-corrected chi connectivity index (χ1v) is 9.90. The number of anilines is 3. The minimum absolute atomic E-state index is 0.107. The van der Waals surface area contributed by atoms with E-state index in [4.69, 9.17) is 4.74 Å². The summed E-state index contributed by atoms with van der Waals surface area (Å²) in [4.78, 5) is 25.2. The van der Waals surface area contributed by atoms with Gasteiger partial charge in [0.25, 0.3) is 5.91 Å². The fraction of sp³-hybridized carbons (Fsp3) is 0.150. The van der Waals surface area contributed by atoms with Crippen LogP contribution in [0.1, 0.15) is 21.6 Å². The topological polar surface area (TPSA) is 102 Å². The maximum atomic E-state index is 12.9. The minimum atomic E-state index is -4.46. The van der Waals surface area contributed by atoms with Gasteiger partial charge in [0.2, 0.25) is 5.88 Å². The van der Waals surface area contributed by atoms with Crippen LogP contribution in [0.15, 0.2) is 42.7 Å². The van der Waals surface area contributed by atoms with Crippen LogP contribution in [0.2, 0.25) is 0 Å². The third kappa shape index (κ3) is 4.44. The zero-order valence-electron chi connectivity index (χ0n) is 16.7. The molecule has 1 aromatic carbocycles. The van der Waals surface area contributed by atoms with Crippen LogP contribution in [0.3, 0.4) is 0 Å². The number of fused-ring (bicyclic) bond motifs is 1. The van der Waals surface area contributed by atoms with Gasteiger partial charge in [0, 0.05) is 6.07 Å². The van der Waals surface area contributed by atoms with E-state index in [2.05, 4.69) is 30.0 Å². The van der Waals surface area contributed by atoms with Crippen molar-refractivity contribution in [3.8, 4) is 5.88 Å². The summed E-state index contributed by atoms with van der Waals surface area (Å²) in [5.74, 6) is 0.270. The van der Waals surface area contributed by atoms with Gasteiger partial charge in [-0.05, 0) is 42.7 Å². The molecule has 3 aromatic heterocycles. The van der Waals surface area contributed by atoms with E-state index in [0.29, 0.717) is 27.8 Å². The first-order chi connectivity index (χ1) is 15.2. The van der Waals surface area contributed by atoms with Crippen molar-refractivity contribution in [1.82, 2.24) is 19.3 Å². The number of alkyl halides is 3. The number of carbonyl (C=O) groups is 1. The van der Waals surface area contributed by atoms with Crippen LogP contribution in [-0.4, -0.2) is 32.3 Å². The van der Waals surface area contributed by atoms with E-state index in [0.717, 1.165) is 23.7 Å². The summed E-state index contributed by atoms with van der Waals surface area (Å²) < 4.78 is 47.9. The zero-order chi connectivity index (χ0) is 22.9. The number of aryl methyl sites for hydroxylation is 1. The van der Waals surface area contributed by atoms with Crippen LogP contribution in [-0.2, 0) is 6.18 Å². The van der Waals surface area contributed by atoms with Crippen LogP contribution in [0.5, 0.6) is 5.88 Å². The molecule has 164 valence electrons. The maximum absolute atomic E-state index is 12.9. The zero-order valence-corrected chi connectivity index (χ0v) is 17.5. The summed E-state index contributed by atoms with van der Waals surface area (Å²) in [7, 11) is 1.49. The Bertz CT molecular complexity index is 1290. The monoisotopic (exact) mass is 460 g/mol. The van der Waals surface area contributed by atoms with E-state index < -0.39 is 17.6 Å². The van der Waals surface area contributed by atoms with E-state index in [1.807, 2.05) is 0 Å². The van der Waals surface area contributed by atoms with E-state index in [1.54, 1.807) is 19.1 Å². The normalized spacial score (nSPS) is 11.4. The van der Waals surface area contributed by atoms with Crippen molar-refractivity contribution in [1.29, 1.82) is 0 Å². The number of hydrogen-bond acceptors (Lipinski definition) is 8. The minimum Gasteiger partial charge on any atom is -0.481 e. The molecule has 12 heteroatoms. The van der Waals surface area contributed by atoms with Gasteiger partial charge in [-0.2, -0.15) is 17.5 Å². The Morgan fingerprint density at radius 3 is 2.59 bits per heavy atom. The lowest BCUT2D eigenvalue weighted by atomic mass is 10.2. The van der Waals surface area contributed by atoms with E-state index in [1.165, 1.54) is 25.6 Å². The predicted octanol–water partition coefficient (Wildman–Crippen LogP) is 4.81. The van der Waals surface area contributed by atoms with Crippen molar-refractivity contribution in [3.05, 3.63) is 59.5 Å². The number of nitrogens with zero attached hydrogens (tertiary/aromatic N) is 4. The third-order valence-corrected chi connectivity index (χ3v) is 5.26. The van der Waals surface area contributed by atoms with Crippen molar-refractivity contribution >= 4 is 45.0 Å². The van der Waals surface area contributed by atoms with E-state index >= 15 is 0 Å². The molecule has 0 saturated heterocycles. The highest BCUT2D eigenvalue weighted by molar-refractivity contribution is 7.10. The number of aromatic nitrogens is 4. The largest absolute Gasteiger partial charge is 0.481 e. The summed E-state index contributed by atoms with van der Waals surface area (Å²) >= 11 is 1.05. The van der Waals surface area contributed by atoms with Gasteiger partial charge in [0.05, 0.1) is 53.0 Å². The Morgan fingerprint density at radius 1 is 1.09 bits per heavy atom. The van der Waals surface area contributed by atoms with Crippen LogP contribution < -0.4 is 15.4 Å². The highest BCUT2D eigenvalue weighted by Gasteiger charge is 2.30. The fourth-order valence-corrected chi connectivity index (χ4v) is 3.66. The summed E-state index contributed by atoms with van der Waals surface area (Å²) in [5.41, 5.74) is 0.860. The Labute approximate surface area is 183 Å². The lowest BCUT2D eigenvalue weighted by molar-refractivity contribution is -0.137. The van der Waals surface area contributed by atoms with Crippen LogP contribution in [0.25, 0.3) is 11.0 Å². The molecule has 0 spiro atoms. The smallest absolute Gasteiger partial charge is 0.416 e. The van der Waals surface area contributed by atoms with Crippen molar-refractivity contribution in [2.45, 2.75) is 13.1 Å². The predicted molar refractivity (Wildman–Crippen MR) is 113 cm³/mol. The number of hydrogen-bond donors (Lipinski definition) is 2. The molecule has 32 heavy (non-hydrogen) atoms. The first-order valence-electron chi connectivity index (χ1n) is 9.13. The van der Waals surface area contributed by atoms with Crippen molar-refractivity contribution in [2.24, 2.45) is 0 Å². The molecule has 0 aliphatic carbocycles. The molecule has 0 fully saturated rings. The van der Waals surface area contributed by atoms with Gasteiger partial charge < -0.3 is 15.4 Å². The molecule has 0 radical (unpaired) electrons. The molecule has 4 rings (SSSR count). The highest BCUT2D eigenvalue weighted by atomic mass is 32.1. The van der Waals surface area contributed by atoms with Gasteiger partial charge in [0.15, 0.2) is 0 Å². The number of amides is 1. The number of nitrogens with one attached hydrogen (secondary N) is 2. The molecule has 4 aromatic rings. The number of methoxy groups -OCH3 is 1. The van der Waals surface area contributed by atoms with Crippen molar-refractivity contribution < 1.29 is 22.7 Å². The Balaban J connectivity index is 1.57. The number of rotatable bonds is 5. The van der Waals surface area contributed by atoms with Crippen molar-refractivity contribution in [2.75, 3.05) is 17.7 Å². The maximum Gasteiger partial charge on any atom is 0.416 e. The summed E-state index contributed by atoms with van der Waals surface area (Å²) in [6.45, 7) is 1.69. The van der Waals surface area contributed by atoms with Gasteiger partial charge >= 0.3 is 6.18 Å². The number of benzene rings is 1. The number of pyridine rings is 1. The van der Waals surface area contributed by atoms with E-state index in [-0.39, 0.29) is 16.9 Å². The molecule has 0 atom stereocenters. The molecule has 0 bridgehead atoms. The number of ether oxygens (including phenoxy) is 1. The molecule has 3 heterocycles. The average Bonchev–Trinajstić information content (AvgIpc) is 3.13. The lowest BCUT2D eigenvalue weighted by Gasteiger charge is -2.10. The standard InChI is InChI=1S/C20H15F3N6O2S/c1-10-17(18(30)26-12-4-6-16(31-2)25-8-12)19(32-29-10)28-15-9-24-14-7-11(20(21,22)23)3-5-13(14)27-15/h3-9H,1-2H3,(H,26,30)(H,27,28). The molecule has 0 aliphatic rings. The highest BCUT2D eigenvalue weighted by Crippen LogP contribution is 2.32. The molecule has 8 nitrogen and oxygen atoms in total. The van der Waals surface area contributed by atoms with Gasteiger partial charge in [-0.3, -0.25) is 9.78 Å². The van der Waals surface area contributed by atoms with Gasteiger partial charge in [-0.15, -0.1) is 0 Å². The average molecular weight is 460 g/mol. The Hall–Kier alpha value is -3.80.